The number of benzene rings is 2. The minimum Gasteiger partial charge on any atom is -0.325 e. The van der Waals surface area contributed by atoms with Gasteiger partial charge in [-0.1, -0.05) is 31.2 Å². The Morgan fingerprint density at radius 2 is 1.75 bits per heavy atom. The first-order chi connectivity index (χ1) is 11.4. The normalized spacial score (nSPS) is 10.3. The maximum absolute atomic E-state index is 12.4. The summed E-state index contributed by atoms with van der Waals surface area (Å²) in [7, 11) is 0. The fourth-order valence-corrected chi connectivity index (χ4v) is 2.60. The first-order valence-electron chi connectivity index (χ1n) is 8.15. The van der Waals surface area contributed by atoms with Gasteiger partial charge in [0.1, 0.15) is 6.54 Å². The molecule has 4 heteroatoms. The summed E-state index contributed by atoms with van der Waals surface area (Å²) in [6.07, 6.45) is 0.804. The van der Waals surface area contributed by atoms with Crippen molar-refractivity contribution >= 4 is 23.2 Å². The van der Waals surface area contributed by atoms with Crippen LogP contribution in [0.4, 0.5) is 11.4 Å². The third kappa shape index (κ3) is 4.22. The topological polar surface area (TPSA) is 49.4 Å². The van der Waals surface area contributed by atoms with E-state index in [2.05, 4.69) is 5.32 Å². The van der Waals surface area contributed by atoms with Gasteiger partial charge in [0.25, 0.3) is 0 Å². The van der Waals surface area contributed by atoms with E-state index in [1.165, 1.54) is 17.4 Å². The smallest absolute Gasteiger partial charge is 0.244 e. The Labute approximate surface area is 143 Å². The van der Waals surface area contributed by atoms with E-state index >= 15 is 0 Å². The molecule has 1 N–H and O–H groups in total. The molecule has 2 amide bonds. The number of nitrogens with zero attached hydrogens (tertiary/aromatic N) is 1. The van der Waals surface area contributed by atoms with Crippen molar-refractivity contribution in [3.05, 3.63) is 59.2 Å². The molecular weight excluding hydrogens is 300 g/mol. The molecule has 0 aliphatic rings. The van der Waals surface area contributed by atoms with E-state index in [1.807, 2.05) is 63.2 Å². The molecule has 0 atom stereocenters. The van der Waals surface area contributed by atoms with Crippen molar-refractivity contribution in [2.75, 3.05) is 16.8 Å². The van der Waals surface area contributed by atoms with Gasteiger partial charge in [-0.15, -0.1) is 0 Å². The first-order valence-corrected chi connectivity index (χ1v) is 8.15. The van der Waals surface area contributed by atoms with Crippen LogP contribution in [-0.2, 0) is 16.0 Å². The van der Waals surface area contributed by atoms with Crippen molar-refractivity contribution in [1.29, 1.82) is 0 Å². The summed E-state index contributed by atoms with van der Waals surface area (Å²) in [5, 5.41) is 2.87. The lowest BCUT2D eigenvalue weighted by Crippen LogP contribution is -2.37. The number of hydrogen-bond acceptors (Lipinski definition) is 2. The second-order valence-electron chi connectivity index (χ2n) is 5.93. The molecule has 0 radical (unpaired) electrons. The molecule has 0 aliphatic heterocycles. The minimum atomic E-state index is -0.209. The molecule has 0 unspecified atom stereocenters. The summed E-state index contributed by atoms with van der Waals surface area (Å²) in [4.78, 5) is 26.0. The quantitative estimate of drug-likeness (QED) is 0.908. The van der Waals surface area contributed by atoms with Gasteiger partial charge in [0.2, 0.25) is 11.8 Å². The van der Waals surface area contributed by atoms with Gasteiger partial charge < -0.3 is 10.2 Å². The highest BCUT2D eigenvalue weighted by atomic mass is 16.2. The number of nitrogens with one attached hydrogen (secondary N) is 1. The molecular formula is C20H24N2O2. The maximum atomic E-state index is 12.4. The predicted octanol–water partition coefficient (Wildman–Crippen LogP) is 3.86. The van der Waals surface area contributed by atoms with Crippen LogP contribution in [0.3, 0.4) is 0 Å². The molecule has 0 spiro atoms. The second kappa shape index (κ2) is 7.77. The Bertz CT molecular complexity index is 753. The molecule has 0 aromatic heterocycles. The summed E-state index contributed by atoms with van der Waals surface area (Å²) in [5.41, 5.74) is 4.88. The van der Waals surface area contributed by atoms with E-state index in [1.54, 1.807) is 0 Å². The van der Waals surface area contributed by atoms with Crippen molar-refractivity contribution in [3.63, 3.8) is 0 Å². The molecule has 126 valence electrons. The highest BCUT2D eigenvalue weighted by molar-refractivity contribution is 6.02. The average Bonchev–Trinajstić information content (AvgIpc) is 2.56. The van der Waals surface area contributed by atoms with Gasteiger partial charge >= 0.3 is 0 Å². The average molecular weight is 324 g/mol. The summed E-state index contributed by atoms with van der Waals surface area (Å²) < 4.78 is 0. The zero-order valence-corrected chi connectivity index (χ0v) is 14.7. The number of carbonyl (C=O) groups is 2. The lowest BCUT2D eigenvalue weighted by Gasteiger charge is -2.23. The fourth-order valence-electron chi connectivity index (χ4n) is 2.60. The number of amides is 2. The molecule has 24 heavy (non-hydrogen) atoms. The molecule has 0 fully saturated rings. The van der Waals surface area contributed by atoms with Gasteiger partial charge in [-0.2, -0.15) is 0 Å². The molecule has 0 saturated heterocycles. The monoisotopic (exact) mass is 324 g/mol. The molecule has 0 heterocycles. The van der Waals surface area contributed by atoms with E-state index in [-0.39, 0.29) is 18.4 Å². The third-order valence-corrected chi connectivity index (χ3v) is 4.14. The number of rotatable bonds is 5. The molecule has 4 nitrogen and oxygen atoms in total. The Hall–Kier alpha value is -2.62. The van der Waals surface area contributed by atoms with Crippen molar-refractivity contribution < 1.29 is 9.59 Å². The van der Waals surface area contributed by atoms with Crippen LogP contribution in [0.15, 0.2) is 42.5 Å². The van der Waals surface area contributed by atoms with Crippen LogP contribution in [-0.4, -0.2) is 18.4 Å². The number of hydrogen-bond donors (Lipinski definition) is 1. The van der Waals surface area contributed by atoms with E-state index < -0.39 is 0 Å². The van der Waals surface area contributed by atoms with Gasteiger partial charge in [0.05, 0.1) is 0 Å². The summed E-state index contributed by atoms with van der Waals surface area (Å²) in [6.45, 7) is 7.55. The second-order valence-corrected chi connectivity index (χ2v) is 5.93. The Morgan fingerprint density at radius 1 is 1.04 bits per heavy atom. The largest absolute Gasteiger partial charge is 0.325 e. The molecule has 2 rings (SSSR count). The molecule has 0 saturated carbocycles. The van der Waals surface area contributed by atoms with Crippen molar-refractivity contribution in [1.82, 2.24) is 0 Å². The SMILES string of the molecule is CCc1ccccc1N(CC(=O)Nc1ccc(C)c(C)c1)C(C)=O. The predicted molar refractivity (Wildman–Crippen MR) is 98.4 cm³/mol. The zero-order chi connectivity index (χ0) is 17.7. The van der Waals surface area contributed by atoms with Gasteiger partial charge in [-0.3, -0.25) is 9.59 Å². The van der Waals surface area contributed by atoms with Crippen LogP contribution in [0.1, 0.15) is 30.5 Å². The number of aryl methyl sites for hydroxylation is 3. The fraction of sp³-hybridized carbons (Fsp3) is 0.300. The van der Waals surface area contributed by atoms with E-state index in [0.29, 0.717) is 0 Å². The van der Waals surface area contributed by atoms with Gasteiger partial charge in [0, 0.05) is 18.3 Å². The van der Waals surface area contributed by atoms with Crippen LogP contribution in [0.2, 0.25) is 0 Å². The van der Waals surface area contributed by atoms with Crippen LogP contribution in [0.5, 0.6) is 0 Å². The standard InChI is InChI=1S/C20H24N2O2/c1-5-17-8-6-7-9-19(17)22(16(4)23)13-20(24)21-18-11-10-14(2)15(3)12-18/h6-12H,5,13H2,1-4H3,(H,21,24). The molecule has 0 bridgehead atoms. The number of carbonyl (C=O) groups excluding carboxylic acids is 2. The molecule has 2 aromatic rings. The lowest BCUT2D eigenvalue weighted by atomic mass is 10.1. The highest BCUT2D eigenvalue weighted by Gasteiger charge is 2.18. The van der Waals surface area contributed by atoms with Crippen LogP contribution in [0, 0.1) is 13.8 Å². The molecule has 2 aromatic carbocycles. The highest BCUT2D eigenvalue weighted by Crippen LogP contribution is 2.21. The van der Waals surface area contributed by atoms with Crippen LogP contribution < -0.4 is 10.2 Å². The minimum absolute atomic E-state index is 0.000723. The Balaban J connectivity index is 2.17. The molecule has 0 aliphatic carbocycles. The third-order valence-electron chi connectivity index (χ3n) is 4.14. The summed E-state index contributed by atoms with van der Waals surface area (Å²) in [6, 6.07) is 13.5. The Kier molecular flexibility index (Phi) is 5.74. The number of anilines is 2. The van der Waals surface area contributed by atoms with E-state index in [0.717, 1.165) is 28.9 Å². The van der Waals surface area contributed by atoms with Crippen molar-refractivity contribution in [3.8, 4) is 0 Å². The van der Waals surface area contributed by atoms with Crippen molar-refractivity contribution in [2.45, 2.75) is 34.1 Å². The lowest BCUT2D eigenvalue weighted by molar-refractivity contribution is -0.120. The first kappa shape index (κ1) is 17.7. The summed E-state index contributed by atoms with van der Waals surface area (Å²) in [5.74, 6) is -0.356. The van der Waals surface area contributed by atoms with E-state index in [9.17, 15) is 9.59 Å². The van der Waals surface area contributed by atoms with Gasteiger partial charge in [-0.05, 0) is 55.2 Å². The van der Waals surface area contributed by atoms with Crippen LogP contribution >= 0.6 is 0 Å². The zero-order valence-electron chi connectivity index (χ0n) is 14.7. The van der Waals surface area contributed by atoms with Gasteiger partial charge in [0.15, 0.2) is 0 Å². The summed E-state index contributed by atoms with van der Waals surface area (Å²) >= 11 is 0. The number of para-hydroxylation sites is 1. The van der Waals surface area contributed by atoms with Crippen molar-refractivity contribution in [2.24, 2.45) is 0 Å². The Morgan fingerprint density at radius 3 is 2.38 bits per heavy atom. The maximum Gasteiger partial charge on any atom is 0.244 e. The van der Waals surface area contributed by atoms with Gasteiger partial charge in [-0.25, -0.2) is 0 Å². The van der Waals surface area contributed by atoms with E-state index in [4.69, 9.17) is 0 Å². The van der Waals surface area contributed by atoms with Crippen LogP contribution in [0.25, 0.3) is 0 Å².